The molecule has 3 aromatic rings. The number of hydrogen-bond donors (Lipinski definition) is 0. The van der Waals surface area contributed by atoms with Crippen molar-refractivity contribution < 1.29 is 4.79 Å². The third kappa shape index (κ3) is 4.54. The molecule has 0 N–H and O–H groups in total. The number of ketones is 1. The molecule has 3 aromatic heterocycles. The summed E-state index contributed by atoms with van der Waals surface area (Å²) < 4.78 is 2.12. The topological polar surface area (TPSA) is 63.9 Å². The van der Waals surface area contributed by atoms with Gasteiger partial charge < -0.3 is 4.90 Å². The number of pyridine rings is 2. The second-order valence-corrected chi connectivity index (χ2v) is 9.31. The average Bonchev–Trinajstić information content (AvgIpc) is 3.30. The lowest BCUT2D eigenvalue weighted by Crippen LogP contribution is -2.31. The molecule has 6 nitrogen and oxygen atoms in total. The smallest absolute Gasteiger partial charge is 0.141 e. The minimum atomic E-state index is 0.223. The van der Waals surface area contributed by atoms with Crippen LogP contribution in [0.25, 0.3) is 22.0 Å². The van der Waals surface area contributed by atoms with Gasteiger partial charge in [-0.15, -0.1) is 0 Å². The van der Waals surface area contributed by atoms with E-state index in [1.54, 1.807) is 6.20 Å². The maximum Gasteiger partial charge on any atom is 0.141 e. The number of Topliss-reactive ketones (excluding diaryl/α,β-unsaturated/α-hetero) is 1. The molecule has 1 aliphatic heterocycles. The number of hydrogen-bond acceptors (Lipinski definition) is 5. The van der Waals surface area contributed by atoms with Crippen LogP contribution < -0.4 is 0 Å². The SMILES string of the molecule is CN1CCC(n2cc(-c3cnc4cnc(CC(=O)C5CCCCC5)cc4c3)cn2)CC1. The maximum absolute atomic E-state index is 12.7. The summed E-state index contributed by atoms with van der Waals surface area (Å²) in [6.07, 6.45) is 16.2. The monoisotopic (exact) mass is 417 g/mol. The van der Waals surface area contributed by atoms with Crippen molar-refractivity contribution >= 4 is 16.7 Å². The van der Waals surface area contributed by atoms with Crippen LogP contribution in [-0.4, -0.2) is 50.6 Å². The molecule has 0 bridgehead atoms. The highest BCUT2D eigenvalue weighted by atomic mass is 16.1. The molecule has 1 saturated carbocycles. The summed E-state index contributed by atoms with van der Waals surface area (Å²) in [7, 11) is 2.18. The molecule has 5 rings (SSSR count). The van der Waals surface area contributed by atoms with Gasteiger partial charge in [-0.1, -0.05) is 19.3 Å². The predicted molar refractivity (Wildman–Crippen MR) is 122 cm³/mol. The molecule has 0 spiro atoms. The van der Waals surface area contributed by atoms with Gasteiger partial charge in [0.1, 0.15) is 5.78 Å². The summed E-state index contributed by atoms with van der Waals surface area (Å²) in [4.78, 5) is 24.2. The molecule has 1 saturated heterocycles. The standard InChI is InChI=1S/C25H31N5O/c1-29-9-7-23(8-10-29)30-17-21(15-28-30)20-11-19-12-22(26-16-24(19)27-14-20)13-25(31)18-5-3-2-4-6-18/h11-12,14-18,23H,2-10,13H2,1H3. The largest absolute Gasteiger partial charge is 0.306 e. The molecule has 1 aliphatic carbocycles. The molecule has 0 unspecified atom stereocenters. The Labute approximate surface area is 183 Å². The van der Waals surface area contributed by atoms with E-state index in [1.165, 1.54) is 19.3 Å². The molecule has 2 fully saturated rings. The average molecular weight is 418 g/mol. The van der Waals surface area contributed by atoms with Crippen molar-refractivity contribution in [2.75, 3.05) is 20.1 Å². The molecule has 2 aliphatic rings. The first-order chi connectivity index (χ1) is 15.2. The number of carbonyl (C=O) groups excluding carboxylic acids is 1. The van der Waals surface area contributed by atoms with Crippen molar-refractivity contribution in [3.8, 4) is 11.1 Å². The van der Waals surface area contributed by atoms with E-state index in [0.717, 1.165) is 66.5 Å². The first-order valence-corrected chi connectivity index (χ1v) is 11.7. The van der Waals surface area contributed by atoms with Crippen LogP contribution in [0.5, 0.6) is 0 Å². The summed E-state index contributed by atoms with van der Waals surface area (Å²) in [5.41, 5.74) is 3.86. The zero-order valence-corrected chi connectivity index (χ0v) is 18.3. The van der Waals surface area contributed by atoms with Crippen LogP contribution in [0, 0.1) is 5.92 Å². The first kappa shape index (κ1) is 20.3. The minimum Gasteiger partial charge on any atom is -0.306 e. The summed E-state index contributed by atoms with van der Waals surface area (Å²) in [6.45, 7) is 2.24. The predicted octanol–water partition coefficient (Wildman–Crippen LogP) is 4.45. The highest BCUT2D eigenvalue weighted by Gasteiger charge is 2.22. The molecule has 0 aromatic carbocycles. The summed E-state index contributed by atoms with van der Waals surface area (Å²) in [6, 6.07) is 4.66. The van der Waals surface area contributed by atoms with E-state index < -0.39 is 0 Å². The van der Waals surface area contributed by atoms with Crippen LogP contribution in [0.15, 0.2) is 36.9 Å². The van der Waals surface area contributed by atoms with Crippen LogP contribution in [0.3, 0.4) is 0 Å². The molecule has 4 heterocycles. The van der Waals surface area contributed by atoms with Crippen molar-refractivity contribution in [2.24, 2.45) is 5.92 Å². The van der Waals surface area contributed by atoms with Gasteiger partial charge >= 0.3 is 0 Å². The highest BCUT2D eigenvalue weighted by Crippen LogP contribution is 2.28. The van der Waals surface area contributed by atoms with Crippen LogP contribution in [0.4, 0.5) is 0 Å². The van der Waals surface area contributed by atoms with E-state index in [9.17, 15) is 4.79 Å². The Kier molecular flexibility index (Phi) is 5.81. The highest BCUT2D eigenvalue weighted by molar-refractivity contribution is 5.86. The van der Waals surface area contributed by atoms with Gasteiger partial charge in [-0.05, 0) is 58.0 Å². The molecule has 0 atom stereocenters. The number of piperidine rings is 1. The second-order valence-electron chi connectivity index (χ2n) is 9.31. The molecular weight excluding hydrogens is 386 g/mol. The number of likely N-dealkylation sites (tertiary alicyclic amines) is 1. The van der Waals surface area contributed by atoms with Crippen molar-refractivity contribution in [3.05, 3.63) is 42.6 Å². The quantitative estimate of drug-likeness (QED) is 0.614. The van der Waals surface area contributed by atoms with E-state index in [1.807, 2.05) is 18.5 Å². The van der Waals surface area contributed by atoms with Gasteiger partial charge in [-0.25, -0.2) is 0 Å². The fourth-order valence-corrected chi connectivity index (χ4v) is 5.02. The lowest BCUT2D eigenvalue weighted by molar-refractivity contribution is -0.123. The zero-order chi connectivity index (χ0) is 21.2. The zero-order valence-electron chi connectivity index (χ0n) is 18.3. The third-order valence-corrected chi connectivity index (χ3v) is 7.04. The van der Waals surface area contributed by atoms with Gasteiger partial charge in [0.2, 0.25) is 0 Å². The van der Waals surface area contributed by atoms with Gasteiger partial charge in [0, 0.05) is 46.9 Å². The van der Waals surface area contributed by atoms with Crippen LogP contribution in [0.1, 0.15) is 56.7 Å². The van der Waals surface area contributed by atoms with Gasteiger partial charge in [-0.2, -0.15) is 5.10 Å². The molecule has 0 radical (unpaired) electrons. The van der Waals surface area contributed by atoms with Crippen molar-refractivity contribution in [3.63, 3.8) is 0 Å². The van der Waals surface area contributed by atoms with Crippen molar-refractivity contribution in [2.45, 2.75) is 57.4 Å². The Bertz CT molecular complexity index is 1060. The molecule has 31 heavy (non-hydrogen) atoms. The van der Waals surface area contributed by atoms with E-state index in [2.05, 4.69) is 44.0 Å². The normalized spacial score (nSPS) is 19.1. The molecule has 6 heteroatoms. The number of carbonyl (C=O) groups is 1. The van der Waals surface area contributed by atoms with Gasteiger partial charge in [0.05, 0.1) is 24.0 Å². The summed E-state index contributed by atoms with van der Waals surface area (Å²) in [5.74, 6) is 0.566. The number of fused-ring (bicyclic) bond motifs is 1. The third-order valence-electron chi connectivity index (χ3n) is 7.04. The Balaban J connectivity index is 1.34. The summed E-state index contributed by atoms with van der Waals surface area (Å²) >= 11 is 0. The Morgan fingerprint density at radius 3 is 2.58 bits per heavy atom. The minimum absolute atomic E-state index is 0.223. The fourth-order valence-electron chi connectivity index (χ4n) is 5.02. The lowest BCUT2D eigenvalue weighted by Gasteiger charge is -2.28. The molecule has 0 amide bonds. The fraction of sp³-hybridized carbons (Fsp3) is 0.520. The number of nitrogens with zero attached hydrogens (tertiary/aromatic N) is 5. The Hall–Kier alpha value is -2.60. The van der Waals surface area contributed by atoms with E-state index in [4.69, 9.17) is 0 Å². The Morgan fingerprint density at radius 2 is 1.77 bits per heavy atom. The Morgan fingerprint density at radius 1 is 0.968 bits per heavy atom. The van der Waals surface area contributed by atoms with E-state index >= 15 is 0 Å². The van der Waals surface area contributed by atoms with Crippen molar-refractivity contribution in [1.82, 2.24) is 24.6 Å². The maximum atomic E-state index is 12.7. The first-order valence-electron chi connectivity index (χ1n) is 11.7. The van der Waals surface area contributed by atoms with Gasteiger partial charge in [0.25, 0.3) is 0 Å². The van der Waals surface area contributed by atoms with Crippen LogP contribution in [-0.2, 0) is 11.2 Å². The summed E-state index contributed by atoms with van der Waals surface area (Å²) in [5, 5.41) is 5.68. The second kappa shape index (κ2) is 8.87. The van der Waals surface area contributed by atoms with Gasteiger partial charge in [-0.3, -0.25) is 19.4 Å². The number of rotatable bonds is 5. The molecular formula is C25H31N5O. The van der Waals surface area contributed by atoms with Crippen LogP contribution >= 0.6 is 0 Å². The van der Waals surface area contributed by atoms with Gasteiger partial charge in [0.15, 0.2) is 0 Å². The molecule has 162 valence electrons. The lowest BCUT2D eigenvalue weighted by atomic mass is 9.85. The van der Waals surface area contributed by atoms with E-state index in [0.29, 0.717) is 18.2 Å². The number of aromatic nitrogens is 4. The van der Waals surface area contributed by atoms with E-state index in [-0.39, 0.29) is 5.92 Å². The van der Waals surface area contributed by atoms with Crippen LogP contribution in [0.2, 0.25) is 0 Å². The van der Waals surface area contributed by atoms with Crippen molar-refractivity contribution in [1.29, 1.82) is 0 Å².